The molecule has 1 N–H and O–H groups in total. The molecular weight excluding hydrogens is 376 g/mol. The third kappa shape index (κ3) is 4.19. The van der Waals surface area contributed by atoms with Gasteiger partial charge < -0.3 is 5.32 Å². The van der Waals surface area contributed by atoms with Crippen LogP contribution in [0, 0.1) is 12.7 Å². The highest BCUT2D eigenvalue weighted by atomic mass is 19.4. The first-order chi connectivity index (χ1) is 13.2. The Morgan fingerprint density at radius 3 is 2.64 bits per heavy atom. The molecule has 0 spiro atoms. The number of amides is 1. The van der Waals surface area contributed by atoms with E-state index in [9.17, 15) is 22.4 Å². The maximum atomic E-state index is 13.6. The number of aryl methyl sites for hydroxylation is 1. The van der Waals surface area contributed by atoms with Gasteiger partial charge >= 0.3 is 6.18 Å². The minimum atomic E-state index is -4.63. The molecule has 0 saturated carbocycles. The molecule has 0 aliphatic carbocycles. The Balaban J connectivity index is 1.91. The molecule has 3 aromatic rings. The zero-order chi connectivity index (χ0) is 20.5. The summed E-state index contributed by atoms with van der Waals surface area (Å²) in [5, 5.41) is 6.80. The van der Waals surface area contributed by atoms with Crippen molar-refractivity contribution in [3.8, 4) is 5.69 Å². The second-order valence-corrected chi connectivity index (χ2v) is 6.18. The molecule has 5 nitrogen and oxygen atoms in total. The van der Waals surface area contributed by atoms with Gasteiger partial charge in [-0.15, -0.1) is 0 Å². The van der Waals surface area contributed by atoms with E-state index >= 15 is 0 Å². The van der Waals surface area contributed by atoms with Crippen LogP contribution in [0.4, 0.5) is 17.6 Å². The summed E-state index contributed by atoms with van der Waals surface area (Å²) >= 11 is 0. The van der Waals surface area contributed by atoms with Crippen LogP contribution < -0.4 is 5.32 Å². The average Bonchev–Trinajstić information content (AvgIpc) is 3.02. The van der Waals surface area contributed by atoms with E-state index in [0.717, 1.165) is 12.1 Å². The van der Waals surface area contributed by atoms with E-state index in [1.54, 1.807) is 25.3 Å². The standard InChI is InChI=1S/C19H16F4N4O/c1-11-17(18(28)24-2)10-27(26-11)16-3-4-25-15(9-16)7-12-5-13(19(21,22)23)8-14(20)6-12/h3-6,8-10H,7H2,1-2H3,(H,24,28). The molecule has 0 aliphatic rings. The number of nitrogens with one attached hydrogen (secondary N) is 1. The summed E-state index contributed by atoms with van der Waals surface area (Å²) in [5.41, 5.74) is 1.05. The van der Waals surface area contributed by atoms with E-state index in [0.29, 0.717) is 28.7 Å². The summed E-state index contributed by atoms with van der Waals surface area (Å²) in [4.78, 5) is 16.0. The molecule has 0 radical (unpaired) electrons. The lowest BCUT2D eigenvalue weighted by molar-refractivity contribution is -0.137. The second-order valence-electron chi connectivity index (χ2n) is 6.18. The molecule has 1 aromatic carbocycles. The van der Waals surface area contributed by atoms with Crippen molar-refractivity contribution < 1.29 is 22.4 Å². The lowest BCUT2D eigenvalue weighted by atomic mass is 10.0. The third-order valence-corrected chi connectivity index (χ3v) is 4.11. The summed E-state index contributed by atoms with van der Waals surface area (Å²) in [6.07, 6.45) is -1.59. The molecule has 1 amide bonds. The minimum absolute atomic E-state index is 0.0111. The molecular formula is C19H16F4N4O. The Hall–Kier alpha value is -3.23. The number of alkyl halides is 3. The summed E-state index contributed by atoms with van der Waals surface area (Å²) in [7, 11) is 1.51. The number of benzene rings is 1. The Kier molecular flexibility index (Phi) is 5.17. The summed E-state index contributed by atoms with van der Waals surface area (Å²) in [5.74, 6) is -1.24. The van der Waals surface area contributed by atoms with Crippen LogP contribution in [-0.2, 0) is 12.6 Å². The molecule has 2 aromatic heterocycles. The van der Waals surface area contributed by atoms with Gasteiger partial charge in [0.15, 0.2) is 0 Å². The van der Waals surface area contributed by atoms with E-state index in [4.69, 9.17) is 0 Å². The van der Waals surface area contributed by atoms with Crippen LogP contribution in [-0.4, -0.2) is 27.7 Å². The molecule has 28 heavy (non-hydrogen) atoms. The quantitative estimate of drug-likeness (QED) is 0.689. The van der Waals surface area contributed by atoms with Crippen LogP contribution in [0.2, 0.25) is 0 Å². The van der Waals surface area contributed by atoms with E-state index < -0.39 is 17.6 Å². The van der Waals surface area contributed by atoms with Crippen molar-refractivity contribution in [1.29, 1.82) is 0 Å². The zero-order valence-electron chi connectivity index (χ0n) is 15.0. The maximum Gasteiger partial charge on any atom is 0.416 e. The van der Waals surface area contributed by atoms with Gasteiger partial charge in [0.25, 0.3) is 5.91 Å². The van der Waals surface area contributed by atoms with E-state index in [2.05, 4.69) is 15.4 Å². The van der Waals surface area contributed by atoms with Gasteiger partial charge in [0, 0.05) is 31.6 Å². The first kappa shape index (κ1) is 19.5. The molecule has 0 atom stereocenters. The Morgan fingerprint density at radius 2 is 1.96 bits per heavy atom. The lowest BCUT2D eigenvalue weighted by Crippen LogP contribution is -2.18. The van der Waals surface area contributed by atoms with Crippen LogP contribution in [0.3, 0.4) is 0 Å². The van der Waals surface area contributed by atoms with Gasteiger partial charge in [0.1, 0.15) is 5.82 Å². The number of hydrogen-bond donors (Lipinski definition) is 1. The van der Waals surface area contributed by atoms with Gasteiger partial charge in [-0.25, -0.2) is 9.07 Å². The molecule has 0 bridgehead atoms. The van der Waals surface area contributed by atoms with Crippen LogP contribution in [0.1, 0.15) is 32.9 Å². The van der Waals surface area contributed by atoms with Crippen molar-refractivity contribution in [1.82, 2.24) is 20.1 Å². The van der Waals surface area contributed by atoms with Crippen molar-refractivity contribution in [2.24, 2.45) is 0 Å². The van der Waals surface area contributed by atoms with Gasteiger partial charge in [-0.05, 0) is 42.8 Å². The number of pyridine rings is 1. The van der Waals surface area contributed by atoms with Gasteiger partial charge in [-0.1, -0.05) is 0 Å². The van der Waals surface area contributed by atoms with Crippen LogP contribution in [0.25, 0.3) is 5.69 Å². The highest BCUT2D eigenvalue weighted by Gasteiger charge is 2.31. The summed E-state index contributed by atoms with van der Waals surface area (Å²) in [6.45, 7) is 1.69. The van der Waals surface area contributed by atoms with E-state index in [-0.39, 0.29) is 17.9 Å². The Bertz CT molecular complexity index is 1030. The lowest BCUT2D eigenvalue weighted by Gasteiger charge is -2.10. The predicted molar refractivity (Wildman–Crippen MR) is 93.7 cm³/mol. The van der Waals surface area contributed by atoms with Crippen molar-refractivity contribution in [2.45, 2.75) is 19.5 Å². The van der Waals surface area contributed by atoms with Crippen LogP contribution >= 0.6 is 0 Å². The number of hydrogen-bond acceptors (Lipinski definition) is 3. The van der Waals surface area contributed by atoms with Crippen molar-refractivity contribution in [3.63, 3.8) is 0 Å². The fourth-order valence-corrected chi connectivity index (χ4v) is 2.78. The van der Waals surface area contributed by atoms with Gasteiger partial charge in [0.05, 0.1) is 22.5 Å². The first-order valence-electron chi connectivity index (χ1n) is 8.27. The Labute approximate surface area is 158 Å². The topological polar surface area (TPSA) is 59.8 Å². The third-order valence-electron chi connectivity index (χ3n) is 4.11. The predicted octanol–water partition coefficient (Wildman–Crippen LogP) is 3.68. The fourth-order valence-electron chi connectivity index (χ4n) is 2.78. The maximum absolute atomic E-state index is 13.6. The highest BCUT2D eigenvalue weighted by molar-refractivity contribution is 5.94. The normalized spacial score (nSPS) is 11.5. The number of carbonyl (C=O) groups excluding carboxylic acids is 1. The molecule has 0 unspecified atom stereocenters. The van der Waals surface area contributed by atoms with Gasteiger partial charge in [0.2, 0.25) is 0 Å². The van der Waals surface area contributed by atoms with E-state index in [1.165, 1.54) is 17.9 Å². The van der Waals surface area contributed by atoms with Gasteiger partial charge in [-0.3, -0.25) is 9.78 Å². The number of halogens is 4. The molecule has 146 valence electrons. The Morgan fingerprint density at radius 1 is 1.21 bits per heavy atom. The second kappa shape index (κ2) is 7.41. The van der Waals surface area contributed by atoms with Crippen LogP contribution in [0.5, 0.6) is 0 Å². The smallest absolute Gasteiger partial charge is 0.355 e. The fraction of sp³-hybridized carbons (Fsp3) is 0.211. The van der Waals surface area contributed by atoms with Crippen LogP contribution in [0.15, 0.2) is 42.7 Å². The molecule has 2 heterocycles. The molecule has 0 saturated heterocycles. The molecule has 0 aliphatic heterocycles. The van der Waals surface area contributed by atoms with Crippen molar-refractivity contribution in [3.05, 3.63) is 76.6 Å². The number of rotatable bonds is 4. The minimum Gasteiger partial charge on any atom is -0.355 e. The largest absolute Gasteiger partial charge is 0.416 e. The monoisotopic (exact) mass is 392 g/mol. The molecule has 9 heteroatoms. The van der Waals surface area contributed by atoms with E-state index in [1.807, 2.05) is 0 Å². The number of aromatic nitrogens is 3. The zero-order valence-corrected chi connectivity index (χ0v) is 15.0. The van der Waals surface area contributed by atoms with Crippen molar-refractivity contribution >= 4 is 5.91 Å². The molecule has 3 rings (SSSR count). The number of nitrogens with zero attached hydrogens (tertiary/aromatic N) is 3. The first-order valence-corrected chi connectivity index (χ1v) is 8.27. The molecule has 0 fully saturated rings. The summed E-state index contributed by atoms with van der Waals surface area (Å²) in [6, 6.07) is 5.68. The SMILES string of the molecule is CNC(=O)c1cn(-c2ccnc(Cc3cc(F)cc(C(F)(F)F)c3)c2)nc1C. The summed E-state index contributed by atoms with van der Waals surface area (Å²) < 4.78 is 53.7. The average molecular weight is 392 g/mol. The number of carbonyl (C=O) groups is 1. The van der Waals surface area contributed by atoms with Gasteiger partial charge in [-0.2, -0.15) is 18.3 Å². The van der Waals surface area contributed by atoms with Crippen molar-refractivity contribution in [2.75, 3.05) is 7.05 Å². The highest BCUT2D eigenvalue weighted by Crippen LogP contribution is 2.31.